The van der Waals surface area contributed by atoms with Gasteiger partial charge in [-0.2, -0.15) is 0 Å². The summed E-state index contributed by atoms with van der Waals surface area (Å²) in [7, 11) is 0. The van der Waals surface area contributed by atoms with Crippen molar-refractivity contribution in [3.8, 4) is 11.5 Å². The third-order valence-corrected chi connectivity index (χ3v) is 6.90. The molecule has 1 heterocycles. The van der Waals surface area contributed by atoms with Gasteiger partial charge in [0.2, 0.25) is 0 Å². The van der Waals surface area contributed by atoms with Gasteiger partial charge >= 0.3 is 0 Å². The summed E-state index contributed by atoms with van der Waals surface area (Å²) in [6.07, 6.45) is 1.99. The molecule has 0 aliphatic carbocycles. The topological polar surface area (TPSA) is 60.0 Å². The van der Waals surface area contributed by atoms with Gasteiger partial charge in [0.1, 0.15) is 11.5 Å². The van der Waals surface area contributed by atoms with Crippen LogP contribution >= 0.6 is 0 Å². The maximum absolute atomic E-state index is 9.80. The van der Waals surface area contributed by atoms with E-state index in [-0.39, 0.29) is 11.9 Å². The van der Waals surface area contributed by atoms with E-state index in [1.165, 1.54) is 11.1 Å². The molecule has 1 fully saturated rings. The molecule has 0 amide bonds. The quantitative estimate of drug-likeness (QED) is 0.242. The Kier molecular flexibility index (Phi) is 8.70. The summed E-state index contributed by atoms with van der Waals surface area (Å²) in [5, 5.41) is 15.4. The minimum Gasteiger partial charge on any atom is -0.508 e. The predicted molar refractivity (Wildman–Crippen MR) is 147 cm³/mol. The molecule has 2 unspecified atom stereocenters. The number of hydrogen-bond donors (Lipinski definition) is 2. The highest BCUT2D eigenvalue weighted by Gasteiger charge is 2.27. The number of phenolic OH excluding ortho intramolecular Hbond substituents is 1. The van der Waals surface area contributed by atoms with E-state index in [1.54, 1.807) is 12.1 Å². The van der Waals surface area contributed by atoms with Crippen LogP contribution in [0.15, 0.2) is 91.0 Å². The van der Waals surface area contributed by atoms with Gasteiger partial charge in [0, 0.05) is 18.9 Å². The predicted octanol–water partition coefficient (Wildman–Crippen LogP) is 6.19. The highest BCUT2D eigenvalue weighted by Crippen LogP contribution is 2.30. The van der Waals surface area contributed by atoms with E-state index < -0.39 is 0 Å². The lowest BCUT2D eigenvalue weighted by Crippen LogP contribution is -2.40. The molecule has 192 valence electrons. The molecule has 5 rings (SSSR count). The van der Waals surface area contributed by atoms with E-state index in [0.717, 1.165) is 48.0 Å². The monoisotopic (exact) mass is 497 g/mol. The first-order valence-corrected chi connectivity index (χ1v) is 13.1. The molecule has 4 aromatic rings. The Morgan fingerprint density at radius 3 is 2.49 bits per heavy atom. The van der Waals surface area contributed by atoms with Crippen molar-refractivity contribution in [1.82, 2.24) is 5.32 Å². The summed E-state index contributed by atoms with van der Waals surface area (Å²) in [6.45, 7) is 4.32. The van der Waals surface area contributed by atoms with Crippen LogP contribution in [0.5, 0.6) is 11.5 Å². The minimum atomic E-state index is 0.0992. The Hall–Kier alpha value is -3.38. The van der Waals surface area contributed by atoms with Crippen molar-refractivity contribution in [2.75, 3.05) is 26.3 Å². The number of hydrogen-bond acceptors (Lipinski definition) is 5. The molecule has 5 heteroatoms. The maximum atomic E-state index is 9.80. The van der Waals surface area contributed by atoms with E-state index in [0.29, 0.717) is 32.3 Å². The van der Waals surface area contributed by atoms with E-state index in [9.17, 15) is 5.11 Å². The lowest BCUT2D eigenvalue weighted by Gasteiger charge is -2.32. The summed E-state index contributed by atoms with van der Waals surface area (Å²) in [4.78, 5) is 0. The fraction of sp³-hybridized carbons (Fsp3) is 0.312. The summed E-state index contributed by atoms with van der Waals surface area (Å²) in [5.74, 6) is 1.51. The number of fused-ring (bicyclic) bond motifs is 1. The number of ether oxygens (including phenoxy) is 3. The Balaban J connectivity index is 1.10. The van der Waals surface area contributed by atoms with Gasteiger partial charge in [0.05, 0.1) is 32.5 Å². The summed E-state index contributed by atoms with van der Waals surface area (Å²) < 4.78 is 18.1. The number of aromatic hydroxyl groups is 1. The summed E-state index contributed by atoms with van der Waals surface area (Å²) in [5.41, 5.74) is 3.59. The molecule has 0 aromatic heterocycles. The summed E-state index contributed by atoms with van der Waals surface area (Å²) in [6, 6.07) is 30.4. The average Bonchev–Trinajstić information content (AvgIpc) is 2.94. The molecule has 37 heavy (non-hydrogen) atoms. The van der Waals surface area contributed by atoms with Crippen molar-refractivity contribution in [2.45, 2.75) is 38.1 Å². The SMILES string of the molecule is Oc1ccc2ccc(COC3CNCCC3c3ccc(OCCCOCc4ccccc4)cc3)cc2c1. The molecule has 0 saturated carbocycles. The smallest absolute Gasteiger partial charge is 0.119 e. The molecule has 2 N–H and O–H groups in total. The number of benzene rings is 4. The van der Waals surface area contributed by atoms with E-state index in [2.05, 4.69) is 59.9 Å². The van der Waals surface area contributed by atoms with Crippen LogP contribution in [-0.4, -0.2) is 37.5 Å². The fourth-order valence-electron chi connectivity index (χ4n) is 4.89. The van der Waals surface area contributed by atoms with Crippen LogP contribution in [0.3, 0.4) is 0 Å². The second-order valence-electron chi connectivity index (χ2n) is 9.62. The van der Waals surface area contributed by atoms with Crippen molar-refractivity contribution in [3.05, 3.63) is 108 Å². The number of piperidine rings is 1. The van der Waals surface area contributed by atoms with Gasteiger partial charge in [-0.3, -0.25) is 0 Å². The molecule has 5 nitrogen and oxygen atoms in total. The van der Waals surface area contributed by atoms with Crippen molar-refractivity contribution >= 4 is 10.8 Å². The Morgan fingerprint density at radius 1 is 0.784 bits per heavy atom. The standard InChI is InChI=1S/C32H35NO4/c34-29-12-9-26-8-7-25(19-28(26)20-29)23-37-32-21-33-16-15-31(32)27-10-13-30(14-11-27)36-18-4-17-35-22-24-5-2-1-3-6-24/h1-3,5-14,19-20,31-34H,4,15-18,21-23H2. The zero-order chi connectivity index (χ0) is 25.3. The maximum Gasteiger partial charge on any atom is 0.119 e. The van der Waals surface area contributed by atoms with Crippen LogP contribution < -0.4 is 10.1 Å². The second kappa shape index (κ2) is 12.7. The molecule has 0 bridgehead atoms. The third-order valence-electron chi connectivity index (χ3n) is 6.90. The zero-order valence-corrected chi connectivity index (χ0v) is 21.1. The highest BCUT2D eigenvalue weighted by atomic mass is 16.5. The number of rotatable bonds is 11. The first-order chi connectivity index (χ1) is 18.2. The molecule has 0 spiro atoms. The molecule has 1 aliphatic rings. The van der Waals surface area contributed by atoms with Crippen molar-refractivity contribution in [2.24, 2.45) is 0 Å². The minimum absolute atomic E-state index is 0.0992. The Morgan fingerprint density at radius 2 is 1.62 bits per heavy atom. The van der Waals surface area contributed by atoms with E-state index in [1.807, 2.05) is 24.3 Å². The summed E-state index contributed by atoms with van der Waals surface area (Å²) >= 11 is 0. The van der Waals surface area contributed by atoms with Crippen molar-refractivity contribution in [1.29, 1.82) is 0 Å². The van der Waals surface area contributed by atoms with Gasteiger partial charge in [0.25, 0.3) is 0 Å². The lowest BCUT2D eigenvalue weighted by atomic mass is 9.87. The molecule has 1 aliphatic heterocycles. The number of nitrogens with one attached hydrogen (secondary N) is 1. The second-order valence-corrected chi connectivity index (χ2v) is 9.62. The van der Waals surface area contributed by atoms with Crippen molar-refractivity contribution in [3.63, 3.8) is 0 Å². The molecule has 1 saturated heterocycles. The van der Waals surface area contributed by atoms with Gasteiger partial charge in [-0.1, -0.05) is 60.7 Å². The average molecular weight is 498 g/mol. The molecule has 0 radical (unpaired) electrons. The normalized spacial score (nSPS) is 17.6. The molecular weight excluding hydrogens is 462 g/mol. The largest absolute Gasteiger partial charge is 0.508 e. The van der Waals surface area contributed by atoms with Crippen LogP contribution in [0, 0.1) is 0 Å². The highest BCUT2D eigenvalue weighted by molar-refractivity contribution is 5.84. The van der Waals surface area contributed by atoms with Gasteiger partial charge in [0.15, 0.2) is 0 Å². The van der Waals surface area contributed by atoms with Gasteiger partial charge in [-0.15, -0.1) is 0 Å². The molecular formula is C32H35NO4. The van der Waals surface area contributed by atoms with Gasteiger partial charge < -0.3 is 24.6 Å². The molecule has 2 atom stereocenters. The first kappa shape index (κ1) is 25.3. The van der Waals surface area contributed by atoms with Gasteiger partial charge in [-0.05, 0) is 70.8 Å². The fourth-order valence-corrected chi connectivity index (χ4v) is 4.89. The van der Waals surface area contributed by atoms with E-state index >= 15 is 0 Å². The zero-order valence-electron chi connectivity index (χ0n) is 21.1. The molecule has 4 aromatic carbocycles. The van der Waals surface area contributed by atoms with E-state index in [4.69, 9.17) is 14.2 Å². The van der Waals surface area contributed by atoms with Crippen LogP contribution in [0.1, 0.15) is 35.4 Å². The Bertz CT molecular complexity index is 1260. The number of phenols is 1. The van der Waals surface area contributed by atoms with Crippen molar-refractivity contribution < 1.29 is 19.3 Å². The Labute approximate surface area is 219 Å². The first-order valence-electron chi connectivity index (χ1n) is 13.1. The van der Waals surface area contributed by atoms with Crippen LogP contribution in [-0.2, 0) is 22.7 Å². The lowest BCUT2D eigenvalue weighted by molar-refractivity contribution is 0.0106. The van der Waals surface area contributed by atoms with Gasteiger partial charge in [-0.25, -0.2) is 0 Å². The third kappa shape index (κ3) is 7.10. The van der Waals surface area contributed by atoms with Crippen LogP contribution in [0.2, 0.25) is 0 Å². The van der Waals surface area contributed by atoms with Crippen LogP contribution in [0.4, 0.5) is 0 Å². The van der Waals surface area contributed by atoms with Crippen LogP contribution in [0.25, 0.3) is 10.8 Å².